The smallest absolute Gasteiger partial charge is 0.162 e. The van der Waals surface area contributed by atoms with Crippen molar-refractivity contribution in [2.24, 2.45) is 0 Å². The van der Waals surface area contributed by atoms with E-state index in [2.05, 4.69) is 154 Å². The van der Waals surface area contributed by atoms with Crippen molar-refractivity contribution in [1.82, 2.24) is 0 Å². The van der Waals surface area contributed by atoms with Gasteiger partial charge < -0.3 is 56.8 Å². The third kappa shape index (κ3) is 42.7. The highest BCUT2D eigenvalue weighted by Gasteiger charge is 2.21. The van der Waals surface area contributed by atoms with Crippen molar-refractivity contribution in [2.45, 2.75) is 391 Å². The van der Waals surface area contributed by atoms with Gasteiger partial charge in [-0.25, -0.2) is 0 Å². The molecule has 6 aromatic rings. The number of hydrogen-bond acceptors (Lipinski definition) is 12. The lowest BCUT2D eigenvalue weighted by atomic mass is 10.0. The lowest BCUT2D eigenvalue weighted by Crippen LogP contribution is -2.05. The van der Waals surface area contributed by atoms with Crippen LogP contribution in [0.15, 0.2) is 72.8 Å². The van der Waals surface area contributed by atoms with Gasteiger partial charge in [-0.1, -0.05) is 385 Å². The zero-order valence-electron chi connectivity index (χ0n) is 84.3. The first-order valence-electron chi connectivity index (χ1n) is 52.8. The van der Waals surface area contributed by atoms with Gasteiger partial charge >= 0.3 is 0 Å². The highest BCUT2D eigenvalue weighted by molar-refractivity contribution is 5.70. The average Bonchev–Trinajstić information content (AvgIpc) is 0.820. The summed E-state index contributed by atoms with van der Waals surface area (Å²) in [7, 11) is 0. The summed E-state index contributed by atoms with van der Waals surface area (Å²) in [4.78, 5) is 0. The summed E-state index contributed by atoms with van der Waals surface area (Å²) in [5.74, 6) is 51.9. The third-order valence-corrected chi connectivity index (χ3v) is 23.5. The zero-order valence-corrected chi connectivity index (χ0v) is 84.3. The van der Waals surface area contributed by atoms with E-state index >= 15 is 0 Å². The molecule has 720 valence electrons. The van der Waals surface area contributed by atoms with Crippen LogP contribution in [0.1, 0.15) is 458 Å². The molecule has 0 spiro atoms. The van der Waals surface area contributed by atoms with Crippen molar-refractivity contribution in [3.63, 3.8) is 0 Å². The number of hydrogen-bond donors (Lipinski definition) is 0. The number of unbranched alkanes of at least 4 members (excludes halogenated alkanes) is 36. The van der Waals surface area contributed by atoms with Crippen LogP contribution in [-0.4, -0.2) is 79.3 Å². The van der Waals surface area contributed by atoms with E-state index in [9.17, 15) is 0 Å². The summed E-state index contributed by atoms with van der Waals surface area (Å²) >= 11 is 0. The molecule has 0 amide bonds. The number of ether oxygens (including phenoxy) is 12. The minimum atomic E-state index is 0.495. The van der Waals surface area contributed by atoms with E-state index in [0.717, 1.165) is 308 Å². The van der Waals surface area contributed by atoms with Gasteiger partial charge in [-0.2, -0.15) is 0 Å². The van der Waals surface area contributed by atoms with Crippen LogP contribution in [0.2, 0.25) is 0 Å². The van der Waals surface area contributed by atoms with Crippen molar-refractivity contribution >= 4 is 0 Å². The molecule has 7 rings (SSSR count). The molecule has 0 N–H and O–H groups in total. The Labute approximate surface area is 802 Å². The molecule has 10 bridgehead atoms. The van der Waals surface area contributed by atoms with Gasteiger partial charge in [0, 0.05) is 53.6 Å². The zero-order chi connectivity index (χ0) is 93.7. The van der Waals surface area contributed by atoms with Crippen LogP contribution in [0.25, 0.3) is 0 Å². The Hall–Kier alpha value is -9.72. The second kappa shape index (κ2) is 70.0. The van der Waals surface area contributed by atoms with E-state index in [-0.39, 0.29) is 0 Å². The van der Waals surface area contributed by atoms with E-state index in [1.165, 1.54) is 0 Å². The highest BCUT2D eigenvalue weighted by Crippen LogP contribution is 2.39. The van der Waals surface area contributed by atoms with Crippen molar-refractivity contribution < 1.29 is 56.8 Å². The van der Waals surface area contributed by atoms with Crippen LogP contribution in [0.3, 0.4) is 0 Å². The van der Waals surface area contributed by atoms with Gasteiger partial charge in [0.15, 0.2) is 11.5 Å². The number of benzene rings is 6. The Kier molecular flexibility index (Phi) is 58.0. The lowest BCUT2D eigenvalue weighted by Gasteiger charge is -2.16. The molecule has 0 fully saturated rings. The molecule has 6 aromatic carbocycles. The molecule has 0 radical (unpaired) electrons. The minimum absolute atomic E-state index is 0.495. The van der Waals surface area contributed by atoms with E-state index in [4.69, 9.17) is 56.8 Å². The van der Waals surface area contributed by atoms with Gasteiger partial charge in [0.2, 0.25) is 0 Å². The van der Waals surface area contributed by atoms with Crippen LogP contribution in [0.4, 0.5) is 0 Å². The summed E-state index contributed by atoms with van der Waals surface area (Å²) in [6.07, 6.45) is 49.7. The summed E-state index contributed by atoms with van der Waals surface area (Å²) in [5, 5.41) is 0. The molecule has 12 nitrogen and oxygen atoms in total. The van der Waals surface area contributed by atoms with Gasteiger partial charge in [0.1, 0.15) is 57.5 Å². The van der Waals surface area contributed by atoms with Gasteiger partial charge in [0.05, 0.1) is 135 Å². The first-order chi connectivity index (χ1) is 65.1. The highest BCUT2D eigenvalue weighted by atomic mass is 16.5. The molecular weight excluding hydrogens is 1630 g/mol. The Bertz CT molecular complexity index is 4360. The van der Waals surface area contributed by atoms with Crippen molar-refractivity contribution in [3.05, 3.63) is 140 Å². The van der Waals surface area contributed by atoms with E-state index in [1.54, 1.807) is 0 Å². The van der Waals surface area contributed by atoms with E-state index in [1.807, 2.05) is 72.8 Å². The molecule has 0 atom stereocenters. The van der Waals surface area contributed by atoms with E-state index in [0.29, 0.717) is 215 Å². The molecule has 0 aromatic heterocycles. The SMILES string of the molecule is CCCCCCOc1cc(OCCCCCC)c2cc1C#Cc1cc(OCCCCCC)c(OCCCCCC)cc1C#Cc1cc(c(OCCCCCC)cc1OCCCCCC)C#Cc1cc(c(OCCCCCC)cc1OCCCCCC)C#Cc1cc(c(OCCCCCC)cc1OCCCCCC)C#Cc1cc(c(OCCCCCC)cc1OCCCCCC)C#C2. The molecule has 0 saturated heterocycles. The van der Waals surface area contributed by atoms with Crippen LogP contribution in [0, 0.1) is 71.0 Å². The largest absolute Gasteiger partial charge is 0.492 e. The molecule has 12 heteroatoms. The Morgan fingerprint density at radius 3 is 0.333 bits per heavy atom. The molecule has 0 aliphatic heterocycles. The first-order valence-corrected chi connectivity index (χ1v) is 52.8. The van der Waals surface area contributed by atoms with Crippen LogP contribution in [-0.2, 0) is 0 Å². The molecular formula is C120H168O12. The normalized spacial score (nSPS) is 11.2. The standard InChI is InChI=1S/C120H168O12/c1-13-25-37-49-73-121-109-92-111(123-75-51-39-27-15-3)101-65-67-103-87-105(115(127-79-55-43-31-19-7)94-113(103)125-77-53-41-29-17-5)69-71-107-89-108(118(130-82-58-46-34-22-10)96-117(107)129-81-57-45-33-21-9)72-70-106-88-104(114(126-78-54-42-30-18-6)95-116(106)128-80-56-44-32-20-8)68-66-102-86-100(110(122-74-50-38-26-14-2)93-112(102)124-76-52-40-28-16-4)64-62-98-91-120(132-84-60-48-36-24-12)119(131-83-59-47-35-23-11)90-97(98)61-63-99(109)85-101/h85-96H,13-60,73-84H2,1-12H3. The maximum absolute atomic E-state index is 6.97. The van der Waals surface area contributed by atoms with Gasteiger partial charge in [-0.05, 0) is 107 Å². The Balaban J connectivity index is 1.73. The second-order valence-corrected chi connectivity index (χ2v) is 35.5. The van der Waals surface area contributed by atoms with Crippen molar-refractivity contribution in [3.8, 4) is 140 Å². The first kappa shape index (κ1) is 109. The van der Waals surface area contributed by atoms with Gasteiger partial charge in [-0.15, -0.1) is 0 Å². The molecule has 0 saturated carbocycles. The lowest BCUT2D eigenvalue weighted by molar-refractivity contribution is 0.258. The van der Waals surface area contributed by atoms with Crippen molar-refractivity contribution in [2.75, 3.05) is 79.3 Å². The maximum Gasteiger partial charge on any atom is 0.162 e. The Morgan fingerprint density at radius 2 is 0.220 bits per heavy atom. The molecule has 0 heterocycles. The van der Waals surface area contributed by atoms with Crippen molar-refractivity contribution in [1.29, 1.82) is 0 Å². The van der Waals surface area contributed by atoms with Gasteiger partial charge in [-0.3, -0.25) is 0 Å². The fraction of sp³-hybridized carbons (Fsp3) is 0.600. The predicted octanol–water partition coefficient (Wildman–Crippen LogP) is 31.9. The van der Waals surface area contributed by atoms with E-state index < -0.39 is 0 Å². The monoisotopic (exact) mass is 1800 g/mol. The third-order valence-electron chi connectivity index (χ3n) is 23.5. The second-order valence-electron chi connectivity index (χ2n) is 35.5. The average molecular weight is 1800 g/mol. The summed E-state index contributed by atoms with van der Waals surface area (Å²) in [6.45, 7) is 32.9. The summed E-state index contributed by atoms with van der Waals surface area (Å²) < 4.78 is 83.3. The quantitative estimate of drug-likeness (QED) is 0.0267. The maximum atomic E-state index is 6.97. The van der Waals surface area contributed by atoms with Gasteiger partial charge in [0.25, 0.3) is 0 Å². The number of rotatable bonds is 72. The fourth-order valence-electron chi connectivity index (χ4n) is 15.3. The summed E-state index contributed by atoms with van der Waals surface area (Å²) in [6, 6.07) is 24.4. The minimum Gasteiger partial charge on any atom is -0.492 e. The molecule has 1 aliphatic rings. The van der Waals surface area contributed by atoms with Crippen LogP contribution >= 0.6 is 0 Å². The van der Waals surface area contributed by atoms with Crippen LogP contribution in [0.5, 0.6) is 69.0 Å². The molecule has 132 heavy (non-hydrogen) atoms. The summed E-state index contributed by atoms with van der Waals surface area (Å²) in [5.41, 5.74) is 7.83. The molecule has 0 unspecified atom stereocenters. The predicted molar refractivity (Wildman–Crippen MR) is 550 cm³/mol. The fourth-order valence-corrected chi connectivity index (χ4v) is 15.3. The topological polar surface area (TPSA) is 111 Å². The molecule has 1 aliphatic carbocycles. The van der Waals surface area contributed by atoms with Crippen LogP contribution < -0.4 is 56.8 Å². The number of fused-ring (bicyclic) bond motifs is 11. The Morgan fingerprint density at radius 1 is 0.114 bits per heavy atom.